The SMILES string of the molecule is CCCOc1ccc(-c2ccc3c(c2)CCN3)cc1. The third-order valence-corrected chi connectivity index (χ3v) is 3.48. The summed E-state index contributed by atoms with van der Waals surface area (Å²) in [5.74, 6) is 0.952. The monoisotopic (exact) mass is 253 g/mol. The van der Waals surface area contributed by atoms with Crippen LogP contribution in [0, 0.1) is 0 Å². The molecular formula is C17H19NO. The molecule has 0 bridgehead atoms. The lowest BCUT2D eigenvalue weighted by Gasteiger charge is -2.07. The Balaban J connectivity index is 1.82. The van der Waals surface area contributed by atoms with Crippen LogP contribution in [0.3, 0.4) is 0 Å². The Morgan fingerprint density at radius 1 is 1.05 bits per heavy atom. The van der Waals surface area contributed by atoms with Crippen LogP contribution in [-0.4, -0.2) is 13.2 Å². The molecule has 0 atom stereocenters. The molecule has 2 aromatic rings. The van der Waals surface area contributed by atoms with E-state index < -0.39 is 0 Å². The zero-order chi connectivity index (χ0) is 13.1. The van der Waals surface area contributed by atoms with Crippen LogP contribution in [0.4, 0.5) is 5.69 Å². The molecule has 0 radical (unpaired) electrons. The minimum atomic E-state index is 0.782. The van der Waals surface area contributed by atoms with Gasteiger partial charge in [0.15, 0.2) is 0 Å². The summed E-state index contributed by atoms with van der Waals surface area (Å²) in [6.07, 6.45) is 2.17. The van der Waals surface area contributed by atoms with Crippen LogP contribution in [0.1, 0.15) is 18.9 Å². The molecule has 0 spiro atoms. The molecule has 1 aliphatic rings. The highest BCUT2D eigenvalue weighted by atomic mass is 16.5. The Morgan fingerprint density at radius 2 is 1.84 bits per heavy atom. The minimum absolute atomic E-state index is 0.782. The fourth-order valence-corrected chi connectivity index (χ4v) is 2.45. The zero-order valence-electron chi connectivity index (χ0n) is 11.3. The van der Waals surface area contributed by atoms with Crippen molar-refractivity contribution in [1.29, 1.82) is 0 Å². The number of anilines is 1. The molecule has 3 rings (SSSR count). The third-order valence-electron chi connectivity index (χ3n) is 3.48. The molecule has 19 heavy (non-hydrogen) atoms. The summed E-state index contributed by atoms with van der Waals surface area (Å²) in [5.41, 5.74) is 5.23. The molecule has 0 saturated carbocycles. The summed E-state index contributed by atoms with van der Waals surface area (Å²) < 4.78 is 5.61. The fourth-order valence-electron chi connectivity index (χ4n) is 2.45. The van der Waals surface area contributed by atoms with E-state index >= 15 is 0 Å². The van der Waals surface area contributed by atoms with Gasteiger partial charge in [-0.1, -0.05) is 25.1 Å². The molecule has 2 nitrogen and oxygen atoms in total. The van der Waals surface area contributed by atoms with Crippen LogP contribution >= 0.6 is 0 Å². The Morgan fingerprint density at radius 3 is 2.63 bits per heavy atom. The van der Waals surface area contributed by atoms with Crippen LogP contribution in [-0.2, 0) is 6.42 Å². The normalized spacial score (nSPS) is 12.9. The maximum Gasteiger partial charge on any atom is 0.119 e. The molecule has 0 fully saturated rings. The lowest BCUT2D eigenvalue weighted by atomic mass is 10.0. The first-order chi connectivity index (χ1) is 9.36. The van der Waals surface area contributed by atoms with Crippen LogP contribution in [0.25, 0.3) is 11.1 Å². The molecule has 0 saturated heterocycles. The van der Waals surface area contributed by atoms with Crippen molar-refractivity contribution in [2.24, 2.45) is 0 Å². The summed E-state index contributed by atoms with van der Waals surface area (Å²) >= 11 is 0. The lowest BCUT2D eigenvalue weighted by Crippen LogP contribution is -1.94. The van der Waals surface area contributed by atoms with Crippen molar-refractivity contribution in [2.45, 2.75) is 19.8 Å². The van der Waals surface area contributed by atoms with Crippen LogP contribution < -0.4 is 10.1 Å². The summed E-state index contributed by atoms with van der Waals surface area (Å²) in [6, 6.07) is 15.0. The van der Waals surface area contributed by atoms with E-state index in [1.165, 1.54) is 22.4 Å². The second kappa shape index (κ2) is 5.35. The number of nitrogens with one attached hydrogen (secondary N) is 1. The van der Waals surface area contributed by atoms with Gasteiger partial charge in [0.2, 0.25) is 0 Å². The van der Waals surface area contributed by atoms with Crippen molar-refractivity contribution in [1.82, 2.24) is 0 Å². The van der Waals surface area contributed by atoms with Crippen molar-refractivity contribution >= 4 is 5.69 Å². The van der Waals surface area contributed by atoms with Crippen molar-refractivity contribution in [3.05, 3.63) is 48.0 Å². The van der Waals surface area contributed by atoms with E-state index in [1.807, 2.05) is 0 Å². The smallest absolute Gasteiger partial charge is 0.119 e. The maximum atomic E-state index is 5.61. The number of ether oxygens (including phenoxy) is 1. The Labute approximate surface area is 114 Å². The first-order valence-electron chi connectivity index (χ1n) is 6.97. The van der Waals surface area contributed by atoms with Gasteiger partial charge in [-0.3, -0.25) is 0 Å². The first-order valence-corrected chi connectivity index (χ1v) is 6.97. The second-order valence-electron chi connectivity index (χ2n) is 4.92. The van der Waals surface area contributed by atoms with E-state index in [1.54, 1.807) is 0 Å². The van der Waals surface area contributed by atoms with Crippen LogP contribution in [0.15, 0.2) is 42.5 Å². The second-order valence-corrected chi connectivity index (χ2v) is 4.92. The highest BCUT2D eigenvalue weighted by Crippen LogP contribution is 2.29. The van der Waals surface area contributed by atoms with E-state index in [0.717, 1.165) is 31.7 Å². The Hall–Kier alpha value is -1.96. The van der Waals surface area contributed by atoms with Gasteiger partial charge in [0.25, 0.3) is 0 Å². The van der Waals surface area contributed by atoms with Gasteiger partial charge < -0.3 is 10.1 Å². The van der Waals surface area contributed by atoms with Crippen LogP contribution in [0.5, 0.6) is 5.75 Å². The maximum absolute atomic E-state index is 5.61. The summed E-state index contributed by atoms with van der Waals surface area (Å²) in [4.78, 5) is 0. The molecule has 2 heteroatoms. The molecule has 1 N–H and O–H groups in total. The van der Waals surface area contributed by atoms with Gasteiger partial charge in [0, 0.05) is 12.2 Å². The quantitative estimate of drug-likeness (QED) is 0.885. The van der Waals surface area contributed by atoms with E-state index in [0.29, 0.717) is 0 Å². The molecule has 1 heterocycles. The number of hydrogen-bond acceptors (Lipinski definition) is 2. The highest BCUT2D eigenvalue weighted by Gasteiger charge is 2.10. The zero-order valence-corrected chi connectivity index (χ0v) is 11.3. The van der Waals surface area contributed by atoms with E-state index in [2.05, 4.69) is 54.7 Å². The van der Waals surface area contributed by atoms with Gasteiger partial charge >= 0.3 is 0 Å². The molecular weight excluding hydrogens is 234 g/mol. The largest absolute Gasteiger partial charge is 0.494 e. The average Bonchev–Trinajstić information content (AvgIpc) is 2.93. The fraction of sp³-hybridized carbons (Fsp3) is 0.294. The first kappa shape index (κ1) is 12.1. The van der Waals surface area contributed by atoms with Crippen LogP contribution in [0.2, 0.25) is 0 Å². The summed E-state index contributed by atoms with van der Waals surface area (Å²) in [7, 11) is 0. The van der Waals surface area contributed by atoms with E-state index in [9.17, 15) is 0 Å². The van der Waals surface area contributed by atoms with Gasteiger partial charge in [-0.05, 0) is 53.8 Å². The molecule has 0 aliphatic carbocycles. The van der Waals surface area contributed by atoms with Crippen molar-refractivity contribution < 1.29 is 4.74 Å². The molecule has 0 amide bonds. The Kier molecular flexibility index (Phi) is 3.41. The average molecular weight is 253 g/mol. The van der Waals surface area contributed by atoms with Gasteiger partial charge in [0.1, 0.15) is 5.75 Å². The molecule has 2 aromatic carbocycles. The molecule has 0 unspecified atom stereocenters. The summed E-state index contributed by atoms with van der Waals surface area (Å²) in [6.45, 7) is 3.96. The standard InChI is InChI=1S/C17H19NO/c1-2-11-19-16-6-3-13(4-7-16)14-5-8-17-15(12-14)9-10-18-17/h3-8,12,18H,2,9-11H2,1H3. The van der Waals surface area contributed by atoms with E-state index in [-0.39, 0.29) is 0 Å². The lowest BCUT2D eigenvalue weighted by molar-refractivity contribution is 0.317. The number of benzene rings is 2. The Bertz CT molecular complexity index is 560. The molecule has 0 aromatic heterocycles. The number of rotatable bonds is 4. The van der Waals surface area contributed by atoms with Gasteiger partial charge in [-0.15, -0.1) is 0 Å². The minimum Gasteiger partial charge on any atom is -0.494 e. The van der Waals surface area contributed by atoms with Gasteiger partial charge in [-0.25, -0.2) is 0 Å². The van der Waals surface area contributed by atoms with E-state index in [4.69, 9.17) is 4.74 Å². The third kappa shape index (κ3) is 2.58. The van der Waals surface area contributed by atoms with Crippen molar-refractivity contribution in [3.63, 3.8) is 0 Å². The topological polar surface area (TPSA) is 21.3 Å². The predicted octanol–water partition coefficient (Wildman–Crippen LogP) is 4.11. The summed E-state index contributed by atoms with van der Waals surface area (Å²) in [5, 5.41) is 3.39. The number of hydrogen-bond donors (Lipinski definition) is 1. The van der Waals surface area contributed by atoms with Gasteiger partial charge in [-0.2, -0.15) is 0 Å². The number of fused-ring (bicyclic) bond motifs is 1. The highest BCUT2D eigenvalue weighted by molar-refractivity contribution is 5.70. The van der Waals surface area contributed by atoms with Crippen molar-refractivity contribution in [2.75, 3.05) is 18.5 Å². The molecule has 1 aliphatic heterocycles. The molecule has 98 valence electrons. The van der Waals surface area contributed by atoms with Crippen molar-refractivity contribution in [3.8, 4) is 16.9 Å². The van der Waals surface area contributed by atoms with Gasteiger partial charge in [0.05, 0.1) is 6.61 Å². The predicted molar refractivity (Wildman–Crippen MR) is 79.9 cm³/mol.